The van der Waals surface area contributed by atoms with Gasteiger partial charge in [0.25, 0.3) is 5.71 Å². The number of aliphatic hydroxyl groups excluding tert-OH is 1. The van der Waals surface area contributed by atoms with Gasteiger partial charge in [0.2, 0.25) is 0 Å². The number of halogens is 2. The fourth-order valence-corrected chi connectivity index (χ4v) is 3.21. The summed E-state index contributed by atoms with van der Waals surface area (Å²) in [6.45, 7) is 2.10. The number of benzene rings is 1. The molecule has 124 valence electrons. The lowest BCUT2D eigenvalue weighted by Crippen LogP contribution is -2.25. The van der Waals surface area contributed by atoms with Crippen molar-refractivity contribution in [1.29, 1.82) is 0 Å². The van der Waals surface area contributed by atoms with Gasteiger partial charge >= 0.3 is 0 Å². The Morgan fingerprint density at radius 2 is 2.08 bits per heavy atom. The number of β-amino-alcohol motifs (C(OH)–C–C–N with tert-alkyl or cyclic N) is 1. The fourth-order valence-electron chi connectivity index (χ4n) is 3.21. The summed E-state index contributed by atoms with van der Waals surface area (Å²) < 4.78 is 32.0. The summed E-state index contributed by atoms with van der Waals surface area (Å²) in [5, 5.41) is 14.7. The van der Waals surface area contributed by atoms with E-state index in [9.17, 15) is 13.9 Å². The fraction of sp³-hybridized carbons (Fsp3) is 0.312. The van der Waals surface area contributed by atoms with Gasteiger partial charge in [-0.3, -0.25) is 0 Å². The lowest BCUT2D eigenvalue weighted by Gasteiger charge is -2.26. The number of aryl methyl sites for hydroxylation is 1. The molecule has 3 aromatic rings. The molecule has 0 bridgehead atoms. The molecule has 1 saturated heterocycles. The van der Waals surface area contributed by atoms with Gasteiger partial charge in [-0.25, -0.2) is 13.8 Å². The summed E-state index contributed by atoms with van der Waals surface area (Å²) in [6, 6.07) is 3.44. The van der Waals surface area contributed by atoms with Gasteiger partial charge in [0.15, 0.2) is 11.6 Å². The molecular formula is C16H14F2N4O2. The van der Waals surface area contributed by atoms with Crippen LogP contribution in [-0.2, 0) is 0 Å². The number of hydrogen-bond donors (Lipinski definition) is 1. The molecule has 2 aromatic heterocycles. The second-order valence-electron chi connectivity index (χ2n) is 5.88. The lowest BCUT2D eigenvalue weighted by molar-refractivity contribution is 0.194. The molecule has 1 fully saturated rings. The molecule has 1 N–H and O–H groups in total. The number of hydrogen-bond acceptors (Lipinski definition) is 6. The van der Waals surface area contributed by atoms with Crippen LogP contribution in [-0.4, -0.2) is 32.9 Å². The second-order valence-corrected chi connectivity index (χ2v) is 5.88. The van der Waals surface area contributed by atoms with E-state index in [1.807, 2.05) is 4.90 Å². The van der Waals surface area contributed by atoms with Crippen LogP contribution in [0.1, 0.15) is 23.7 Å². The highest BCUT2D eigenvalue weighted by molar-refractivity contribution is 5.88. The van der Waals surface area contributed by atoms with Crippen LogP contribution in [0.25, 0.3) is 11.1 Å². The summed E-state index contributed by atoms with van der Waals surface area (Å²) in [4.78, 5) is 10.2. The van der Waals surface area contributed by atoms with Crippen LogP contribution in [0.15, 0.2) is 29.0 Å². The summed E-state index contributed by atoms with van der Waals surface area (Å²) in [5.41, 5.74) is 1.56. The van der Waals surface area contributed by atoms with Crippen LogP contribution in [0.3, 0.4) is 0 Å². The molecule has 8 heteroatoms. The summed E-state index contributed by atoms with van der Waals surface area (Å²) >= 11 is 0. The minimum absolute atomic E-state index is 0.320. The van der Waals surface area contributed by atoms with E-state index >= 15 is 0 Å². The molecule has 1 aliphatic rings. The SMILES string of the molecule is Cc1noc2ncnc(N3CC(O)CC3c3ccc(F)c(F)c3)c12. The zero-order valence-corrected chi connectivity index (χ0v) is 12.8. The average Bonchev–Trinajstić information content (AvgIpc) is 3.14. The molecular weight excluding hydrogens is 318 g/mol. The van der Waals surface area contributed by atoms with Crippen LogP contribution in [0.4, 0.5) is 14.6 Å². The molecule has 1 aromatic carbocycles. The minimum atomic E-state index is -0.914. The van der Waals surface area contributed by atoms with Crippen molar-refractivity contribution in [2.24, 2.45) is 0 Å². The molecule has 3 heterocycles. The van der Waals surface area contributed by atoms with E-state index in [0.29, 0.717) is 41.1 Å². The maximum absolute atomic E-state index is 13.6. The number of nitrogens with zero attached hydrogens (tertiary/aromatic N) is 4. The summed E-state index contributed by atoms with van der Waals surface area (Å²) in [7, 11) is 0. The van der Waals surface area contributed by atoms with E-state index in [2.05, 4.69) is 15.1 Å². The molecule has 0 amide bonds. The first kappa shape index (κ1) is 14.9. The standard InChI is InChI=1S/C16H14F2N4O2/c1-8-14-15(19-7-20-16(14)24-21-8)22-6-10(23)5-13(22)9-2-3-11(17)12(18)4-9/h2-4,7,10,13,23H,5-6H2,1H3. The van der Waals surface area contributed by atoms with Crippen LogP contribution in [0.5, 0.6) is 0 Å². The third kappa shape index (κ3) is 2.30. The molecule has 0 radical (unpaired) electrons. The van der Waals surface area contributed by atoms with Crippen molar-refractivity contribution in [3.05, 3.63) is 47.4 Å². The highest BCUT2D eigenvalue weighted by Crippen LogP contribution is 2.39. The van der Waals surface area contributed by atoms with E-state index in [1.54, 1.807) is 6.92 Å². The smallest absolute Gasteiger partial charge is 0.263 e. The Balaban J connectivity index is 1.82. The molecule has 0 aliphatic carbocycles. The molecule has 6 nitrogen and oxygen atoms in total. The van der Waals surface area contributed by atoms with Crippen LogP contribution in [0, 0.1) is 18.6 Å². The van der Waals surface area contributed by atoms with Crippen molar-refractivity contribution >= 4 is 16.9 Å². The third-order valence-electron chi connectivity index (χ3n) is 4.30. The molecule has 0 spiro atoms. The van der Waals surface area contributed by atoms with Gasteiger partial charge < -0.3 is 14.5 Å². The number of fused-ring (bicyclic) bond motifs is 1. The third-order valence-corrected chi connectivity index (χ3v) is 4.30. The minimum Gasteiger partial charge on any atom is -0.391 e. The van der Waals surface area contributed by atoms with Crippen molar-refractivity contribution in [1.82, 2.24) is 15.1 Å². The van der Waals surface area contributed by atoms with E-state index in [1.165, 1.54) is 12.4 Å². The number of aliphatic hydroxyl groups is 1. The maximum atomic E-state index is 13.6. The maximum Gasteiger partial charge on any atom is 0.263 e. The van der Waals surface area contributed by atoms with Gasteiger partial charge in [-0.1, -0.05) is 11.2 Å². The van der Waals surface area contributed by atoms with E-state index < -0.39 is 17.7 Å². The van der Waals surface area contributed by atoms with Gasteiger partial charge in [-0.2, -0.15) is 4.98 Å². The highest BCUT2D eigenvalue weighted by atomic mass is 19.2. The lowest BCUT2D eigenvalue weighted by atomic mass is 10.0. The van der Waals surface area contributed by atoms with Crippen molar-refractivity contribution in [2.45, 2.75) is 25.5 Å². The Labute approximate surface area is 135 Å². The molecule has 1 aliphatic heterocycles. The first-order chi connectivity index (χ1) is 11.5. The Morgan fingerprint density at radius 1 is 1.25 bits per heavy atom. The summed E-state index contributed by atoms with van der Waals surface area (Å²) in [5.74, 6) is -1.25. The Morgan fingerprint density at radius 3 is 2.88 bits per heavy atom. The first-order valence-corrected chi connectivity index (χ1v) is 7.51. The molecule has 2 unspecified atom stereocenters. The molecule has 24 heavy (non-hydrogen) atoms. The van der Waals surface area contributed by atoms with Gasteiger partial charge in [0.05, 0.1) is 17.8 Å². The molecule has 0 saturated carbocycles. The second kappa shape index (κ2) is 5.48. The molecule has 2 atom stereocenters. The Hall–Kier alpha value is -2.61. The normalized spacial score (nSPS) is 20.9. The number of anilines is 1. The number of rotatable bonds is 2. The first-order valence-electron chi connectivity index (χ1n) is 7.51. The summed E-state index contributed by atoms with van der Waals surface area (Å²) in [6.07, 6.45) is 1.14. The van der Waals surface area contributed by atoms with Crippen molar-refractivity contribution < 1.29 is 18.4 Å². The van der Waals surface area contributed by atoms with Crippen molar-refractivity contribution in [3.63, 3.8) is 0 Å². The van der Waals surface area contributed by atoms with Gasteiger partial charge in [-0.05, 0) is 31.0 Å². The number of aromatic nitrogens is 3. The van der Waals surface area contributed by atoms with E-state index in [0.717, 1.165) is 12.1 Å². The Kier molecular flexibility index (Phi) is 3.42. The van der Waals surface area contributed by atoms with E-state index in [4.69, 9.17) is 4.52 Å². The van der Waals surface area contributed by atoms with E-state index in [-0.39, 0.29) is 6.04 Å². The predicted octanol–water partition coefficient (Wildman–Crippen LogP) is 2.52. The van der Waals surface area contributed by atoms with Gasteiger partial charge in [0, 0.05) is 6.54 Å². The van der Waals surface area contributed by atoms with Gasteiger partial charge in [-0.15, -0.1) is 0 Å². The monoisotopic (exact) mass is 332 g/mol. The van der Waals surface area contributed by atoms with Crippen molar-refractivity contribution in [3.8, 4) is 0 Å². The quantitative estimate of drug-likeness (QED) is 0.777. The van der Waals surface area contributed by atoms with Crippen LogP contribution < -0.4 is 4.90 Å². The van der Waals surface area contributed by atoms with Gasteiger partial charge in [0.1, 0.15) is 17.5 Å². The zero-order chi connectivity index (χ0) is 16.8. The largest absolute Gasteiger partial charge is 0.391 e. The zero-order valence-electron chi connectivity index (χ0n) is 12.8. The predicted molar refractivity (Wildman–Crippen MR) is 81.4 cm³/mol. The Bertz CT molecular complexity index is 914. The van der Waals surface area contributed by atoms with Crippen molar-refractivity contribution in [2.75, 3.05) is 11.4 Å². The topological polar surface area (TPSA) is 75.3 Å². The van der Waals surface area contributed by atoms with Crippen LogP contribution in [0.2, 0.25) is 0 Å². The van der Waals surface area contributed by atoms with Crippen LogP contribution >= 0.6 is 0 Å². The molecule has 4 rings (SSSR count). The average molecular weight is 332 g/mol. The highest BCUT2D eigenvalue weighted by Gasteiger charge is 2.35.